The van der Waals surface area contributed by atoms with E-state index in [1.807, 2.05) is 0 Å². The highest BCUT2D eigenvalue weighted by Gasteiger charge is 2.21. The van der Waals surface area contributed by atoms with Crippen LogP contribution in [0.3, 0.4) is 0 Å². The first-order valence-corrected chi connectivity index (χ1v) is 7.97. The summed E-state index contributed by atoms with van der Waals surface area (Å²) in [5.41, 5.74) is 0.399. The fourth-order valence-corrected chi connectivity index (χ4v) is 2.42. The number of halogens is 2. The zero-order valence-corrected chi connectivity index (χ0v) is 14.5. The molecule has 8 nitrogen and oxygen atoms in total. The number of rotatable bonds is 5. The van der Waals surface area contributed by atoms with E-state index >= 15 is 0 Å². The lowest BCUT2D eigenvalue weighted by molar-refractivity contribution is -0.384. The Bertz CT molecular complexity index is 1010. The van der Waals surface area contributed by atoms with Crippen LogP contribution in [0.4, 0.5) is 10.1 Å². The smallest absolute Gasteiger partial charge is 0.340 e. The molecule has 10 heteroatoms. The number of nitrogens with zero attached hydrogens (tertiary/aromatic N) is 3. The first kappa shape index (κ1) is 18.5. The molecule has 0 aliphatic heterocycles. The number of nitro groups is 1. The quantitative estimate of drug-likeness (QED) is 0.361. The van der Waals surface area contributed by atoms with Gasteiger partial charge in [-0.25, -0.2) is 9.18 Å². The van der Waals surface area contributed by atoms with E-state index in [-0.39, 0.29) is 28.1 Å². The molecular formula is C17H11ClFN3O5. The summed E-state index contributed by atoms with van der Waals surface area (Å²) in [6, 6.07) is 8.84. The van der Waals surface area contributed by atoms with Crippen LogP contribution in [0.2, 0.25) is 5.02 Å². The molecule has 138 valence electrons. The van der Waals surface area contributed by atoms with Gasteiger partial charge in [0.05, 0.1) is 15.5 Å². The molecule has 0 saturated heterocycles. The van der Waals surface area contributed by atoms with Crippen molar-refractivity contribution in [1.29, 1.82) is 0 Å². The maximum atomic E-state index is 13.1. The minimum atomic E-state index is -0.891. The van der Waals surface area contributed by atoms with Gasteiger partial charge >= 0.3 is 5.97 Å². The van der Waals surface area contributed by atoms with Gasteiger partial charge in [0, 0.05) is 17.7 Å². The standard InChI is InChI=1S/C17H11ClFN3O5/c1-9(26-17(23)13-7-4-11(19)8-14(13)18)15-20-21-16(27-15)10-2-5-12(6-3-10)22(24)25/h2-9H,1H3/t9-/m0/s1. The third-order valence-electron chi connectivity index (χ3n) is 3.55. The van der Waals surface area contributed by atoms with Crippen LogP contribution in [0, 0.1) is 15.9 Å². The maximum absolute atomic E-state index is 13.1. The number of carbonyl (C=O) groups is 1. The van der Waals surface area contributed by atoms with Gasteiger partial charge in [-0.1, -0.05) is 11.6 Å². The molecule has 0 N–H and O–H groups in total. The number of ether oxygens (including phenoxy) is 1. The molecule has 3 rings (SSSR count). The highest BCUT2D eigenvalue weighted by molar-refractivity contribution is 6.33. The lowest BCUT2D eigenvalue weighted by Gasteiger charge is -2.10. The molecule has 1 atom stereocenters. The second-order valence-electron chi connectivity index (χ2n) is 5.42. The zero-order valence-electron chi connectivity index (χ0n) is 13.8. The van der Waals surface area contributed by atoms with Crippen molar-refractivity contribution in [2.24, 2.45) is 0 Å². The second kappa shape index (κ2) is 7.50. The molecule has 0 spiro atoms. The molecule has 2 aromatic carbocycles. The van der Waals surface area contributed by atoms with Crippen molar-refractivity contribution in [1.82, 2.24) is 10.2 Å². The van der Waals surface area contributed by atoms with Gasteiger partial charge in [-0.3, -0.25) is 10.1 Å². The zero-order chi connectivity index (χ0) is 19.6. The van der Waals surface area contributed by atoms with E-state index in [1.165, 1.54) is 37.3 Å². The third kappa shape index (κ3) is 4.09. The molecule has 0 saturated carbocycles. The van der Waals surface area contributed by atoms with Crippen molar-refractivity contribution in [2.45, 2.75) is 13.0 Å². The van der Waals surface area contributed by atoms with Crippen molar-refractivity contribution in [3.05, 3.63) is 74.9 Å². The molecule has 0 aliphatic rings. The van der Waals surface area contributed by atoms with Gasteiger partial charge in [-0.05, 0) is 37.3 Å². The van der Waals surface area contributed by atoms with Crippen LogP contribution < -0.4 is 0 Å². The monoisotopic (exact) mass is 391 g/mol. The van der Waals surface area contributed by atoms with Gasteiger partial charge in [0.2, 0.25) is 5.89 Å². The number of hydrogen-bond acceptors (Lipinski definition) is 7. The number of esters is 1. The van der Waals surface area contributed by atoms with Crippen molar-refractivity contribution < 1.29 is 23.3 Å². The Kier molecular flexibility index (Phi) is 5.13. The van der Waals surface area contributed by atoms with Gasteiger partial charge in [-0.15, -0.1) is 10.2 Å². The second-order valence-corrected chi connectivity index (χ2v) is 5.83. The fraction of sp³-hybridized carbons (Fsp3) is 0.118. The number of aromatic nitrogens is 2. The van der Waals surface area contributed by atoms with Crippen LogP contribution in [0.25, 0.3) is 11.5 Å². The molecule has 27 heavy (non-hydrogen) atoms. The molecule has 0 radical (unpaired) electrons. The average molecular weight is 392 g/mol. The molecule has 0 unspecified atom stereocenters. The molecule has 0 amide bonds. The Balaban J connectivity index is 1.73. The molecule has 3 aromatic rings. The largest absolute Gasteiger partial charge is 0.449 e. The minimum Gasteiger partial charge on any atom is -0.449 e. The number of non-ortho nitro benzene ring substituents is 1. The summed E-state index contributed by atoms with van der Waals surface area (Å²) < 4.78 is 23.7. The molecule has 0 fully saturated rings. The maximum Gasteiger partial charge on any atom is 0.340 e. The van der Waals surface area contributed by atoms with E-state index in [9.17, 15) is 19.3 Å². The molecule has 0 bridgehead atoms. The normalized spacial score (nSPS) is 11.8. The Labute approximate surface area is 156 Å². The van der Waals surface area contributed by atoms with Crippen molar-refractivity contribution in [3.8, 4) is 11.5 Å². The van der Waals surface area contributed by atoms with Crippen molar-refractivity contribution >= 4 is 23.3 Å². The van der Waals surface area contributed by atoms with Crippen LogP contribution in [-0.4, -0.2) is 21.1 Å². The van der Waals surface area contributed by atoms with Crippen LogP contribution >= 0.6 is 11.6 Å². The summed E-state index contributed by atoms with van der Waals surface area (Å²) >= 11 is 5.83. The summed E-state index contributed by atoms with van der Waals surface area (Å²) in [4.78, 5) is 22.3. The number of benzene rings is 2. The molecular weight excluding hydrogens is 381 g/mol. The molecule has 1 heterocycles. The Hall–Kier alpha value is -3.33. The predicted molar refractivity (Wildman–Crippen MR) is 91.6 cm³/mol. The third-order valence-corrected chi connectivity index (χ3v) is 3.86. The van der Waals surface area contributed by atoms with Crippen molar-refractivity contribution in [2.75, 3.05) is 0 Å². The summed E-state index contributed by atoms with van der Waals surface area (Å²) in [6.45, 7) is 1.52. The average Bonchev–Trinajstić information content (AvgIpc) is 3.12. The lowest BCUT2D eigenvalue weighted by atomic mass is 10.2. The fourth-order valence-electron chi connectivity index (χ4n) is 2.17. The Morgan fingerprint density at radius 1 is 1.26 bits per heavy atom. The summed E-state index contributed by atoms with van der Waals surface area (Å²) in [5.74, 6) is -1.21. The van der Waals surface area contributed by atoms with Crippen LogP contribution in [0.15, 0.2) is 46.9 Å². The number of carbonyl (C=O) groups excluding carboxylic acids is 1. The van der Waals surface area contributed by atoms with Crippen LogP contribution in [0.1, 0.15) is 29.3 Å². The highest BCUT2D eigenvalue weighted by Crippen LogP contribution is 2.26. The van der Waals surface area contributed by atoms with E-state index in [0.717, 1.165) is 12.1 Å². The first-order chi connectivity index (χ1) is 12.8. The lowest BCUT2D eigenvalue weighted by Crippen LogP contribution is -2.10. The highest BCUT2D eigenvalue weighted by atomic mass is 35.5. The van der Waals surface area contributed by atoms with Gasteiger partial charge in [0.15, 0.2) is 6.10 Å². The van der Waals surface area contributed by atoms with E-state index < -0.39 is 22.8 Å². The summed E-state index contributed by atoms with van der Waals surface area (Å²) in [5, 5.41) is 18.3. The number of hydrogen-bond donors (Lipinski definition) is 0. The summed E-state index contributed by atoms with van der Waals surface area (Å²) in [7, 11) is 0. The minimum absolute atomic E-state index is 0.0000225. The van der Waals surface area contributed by atoms with Crippen LogP contribution in [-0.2, 0) is 4.74 Å². The predicted octanol–water partition coefficient (Wildman–Crippen LogP) is 4.36. The van der Waals surface area contributed by atoms with E-state index in [1.54, 1.807) is 0 Å². The van der Waals surface area contributed by atoms with Gasteiger partial charge < -0.3 is 9.15 Å². The Morgan fingerprint density at radius 3 is 2.59 bits per heavy atom. The molecule has 0 aliphatic carbocycles. The van der Waals surface area contributed by atoms with Crippen molar-refractivity contribution in [3.63, 3.8) is 0 Å². The Morgan fingerprint density at radius 2 is 1.96 bits per heavy atom. The van der Waals surface area contributed by atoms with Gasteiger partial charge in [0.25, 0.3) is 11.6 Å². The van der Waals surface area contributed by atoms with E-state index in [4.69, 9.17) is 20.8 Å². The van der Waals surface area contributed by atoms with Gasteiger partial charge in [0.1, 0.15) is 5.82 Å². The SMILES string of the molecule is C[C@H](OC(=O)c1ccc(F)cc1Cl)c1nnc(-c2ccc([N+](=O)[O-])cc2)o1. The van der Waals surface area contributed by atoms with Gasteiger partial charge in [-0.2, -0.15) is 0 Å². The van der Waals surface area contributed by atoms with Crippen LogP contribution in [0.5, 0.6) is 0 Å². The topological polar surface area (TPSA) is 108 Å². The summed E-state index contributed by atoms with van der Waals surface area (Å²) in [6.07, 6.45) is -0.891. The van der Waals surface area contributed by atoms with E-state index in [2.05, 4.69) is 10.2 Å². The first-order valence-electron chi connectivity index (χ1n) is 7.59. The molecule has 1 aromatic heterocycles. The number of nitro benzene ring substituents is 1. The van der Waals surface area contributed by atoms with E-state index in [0.29, 0.717) is 5.56 Å².